The van der Waals surface area contributed by atoms with Gasteiger partial charge < -0.3 is 4.74 Å². The Morgan fingerprint density at radius 3 is 2.75 bits per heavy atom. The van der Waals surface area contributed by atoms with Crippen LogP contribution in [0.1, 0.15) is 26.7 Å². The second-order valence-electron chi connectivity index (χ2n) is 3.05. The summed E-state index contributed by atoms with van der Waals surface area (Å²) in [7, 11) is 1.42. The fourth-order valence-corrected chi connectivity index (χ4v) is 1.35. The lowest BCUT2D eigenvalue weighted by Crippen LogP contribution is -2.09. The number of ether oxygens (including phenoxy) is 1. The predicted octanol–water partition coefficient (Wildman–Crippen LogP) is 2.22. The number of allylic oxidation sites excluding steroid dienone is 2. The highest BCUT2D eigenvalue weighted by atomic mass is 16.5. The van der Waals surface area contributed by atoms with Gasteiger partial charge in [0.1, 0.15) is 0 Å². The van der Waals surface area contributed by atoms with Crippen LogP contribution in [0.3, 0.4) is 0 Å². The van der Waals surface area contributed by atoms with Crippen molar-refractivity contribution in [3.05, 3.63) is 22.8 Å². The van der Waals surface area contributed by atoms with E-state index in [1.165, 1.54) is 12.7 Å². The molecular weight excluding hydrogens is 152 g/mol. The average Bonchev–Trinajstić information content (AvgIpc) is 2.08. The summed E-state index contributed by atoms with van der Waals surface area (Å²) >= 11 is 0. The highest BCUT2D eigenvalue weighted by Crippen LogP contribution is 2.24. The molecule has 0 saturated carbocycles. The Morgan fingerprint density at radius 2 is 2.17 bits per heavy atom. The fraction of sp³-hybridized carbons (Fsp3) is 0.500. The third kappa shape index (κ3) is 1.58. The van der Waals surface area contributed by atoms with Gasteiger partial charge in [-0.2, -0.15) is 0 Å². The van der Waals surface area contributed by atoms with Crippen LogP contribution in [0.5, 0.6) is 0 Å². The summed E-state index contributed by atoms with van der Waals surface area (Å²) < 4.78 is 4.67. The van der Waals surface area contributed by atoms with Crippen LogP contribution in [0.25, 0.3) is 0 Å². The van der Waals surface area contributed by atoms with Crippen molar-refractivity contribution in [2.75, 3.05) is 7.11 Å². The van der Waals surface area contributed by atoms with Crippen molar-refractivity contribution < 1.29 is 9.53 Å². The van der Waals surface area contributed by atoms with Crippen LogP contribution < -0.4 is 0 Å². The molecule has 0 spiro atoms. The van der Waals surface area contributed by atoms with Crippen molar-refractivity contribution in [1.29, 1.82) is 0 Å². The Kier molecular flexibility index (Phi) is 2.69. The zero-order chi connectivity index (χ0) is 9.14. The van der Waals surface area contributed by atoms with E-state index < -0.39 is 0 Å². The minimum absolute atomic E-state index is 0.216. The average molecular weight is 166 g/mol. The molecular formula is C10H14O2. The van der Waals surface area contributed by atoms with Gasteiger partial charge in [0.25, 0.3) is 0 Å². The molecule has 1 rings (SSSR count). The molecule has 0 fully saturated rings. The van der Waals surface area contributed by atoms with Gasteiger partial charge in [-0.3, -0.25) is 0 Å². The van der Waals surface area contributed by atoms with E-state index in [2.05, 4.69) is 11.7 Å². The number of hydrogen-bond donors (Lipinski definition) is 0. The second kappa shape index (κ2) is 3.57. The summed E-state index contributed by atoms with van der Waals surface area (Å²) in [5, 5.41) is 0. The molecule has 0 saturated heterocycles. The van der Waals surface area contributed by atoms with E-state index in [0.29, 0.717) is 0 Å². The normalized spacial score (nSPS) is 17.4. The first kappa shape index (κ1) is 9.04. The van der Waals surface area contributed by atoms with Crippen molar-refractivity contribution in [2.24, 2.45) is 0 Å². The van der Waals surface area contributed by atoms with Crippen LogP contribution in [0.4, 0.5) is 0 Å². The first-order chi connectivity index (χ1) is 5.66. The quantitative estimate of drug-likeness (QED) is 0.558. The Bertz CT molecular complexity index is 259. The van der Waals surface area contributed by atoms with Gasteiger partial charge in [0.2, 0.25) is 0 Å². The molecule has 1 aliphatic carbocycles. The number of carbonyl (C=O) groups is 1. The van der Waals surface area contributed by atoms with Crippen molar-refractivity contribution in [2.45, 2.75) is 26.7 Å². The minimum Gasteiger partial charge on any atom is -0.465 e. The SMILES string of the molecule is COC(=O)C1=CCCC(C)=C1C. The highest BCUT2D eigenvalue weighted by molar-refractivity contribution is 5.93. The zero-order valence-electron chi connectivity index (χ0n) is 7.81. The molecule has 0 atom stereocenters. The van der Waals surface area contributed by atoms with Crippen molar-refractivity contribution in [3.63, 3.8) is 0 Å². The van der Waals surface area contributed by atoms with E-state index >= 15 is 0 Å². The molecule has 0 radical (unpaired) electrons. The standard InChI is InChI=1S/C10H14O2/c1-7-5-4-6-9(8(7)2)10(11)12-3/h6H,4-5H2,1-3H3. The molecule has 66 valence electrons. The van der Waals surface area contributed by atoms with Crippen LogP contribution >= 0.6 is 0 Å². The molecule has 0 unspecified atom stereocenters. The lowest BCUT2D eigenvalue weighted by molar-refractivity contribution is -0.135. The maximum Gasteiger partial charge on any atom is 0.337 e. The molecule has 0 amide bonds. The Labute approximate surface area is 72.9 Å². The molecule has 2 nitrogen and oxygen atoms in total. The Hall–Kier alpha value is -1.05. The minimum atomic E-state index is -0.216. The van der Waals surface area contributed by atoms with Crippen LogP contribution in [0.2, 0.25) is 0 Å². The van der Waals surface area contributed by atoms with E-state index in [1.807, 2.05) is 13.0 Å². The van der Waals surface area contributed by atoms with E-state index in [9.17, 15) is 4.79 Å². The summed E-state index contributed by atoms with van der Waals surface area (Å²) in [4.78, 5) is 11.2. The smallest absolute Gasteiger partial charge is 0.337 e. The molecule has 0 aromatic rings. The molecule has 0 aliphatic heterocycles. The summed E-state index contributed by atoms with van der Waals surface area (Å²) in [6.07, 6.45) is 3.97. The largest absolute Gasteiger partial charge is 0.465 e. The van der Waals surface area contributed by atoms with Crippen molar-refractivity contribution >= 4 is 5.97 Å². The third-order valence-corrected chi connectivity index (χ3v) is 2.32. The van der Waals surface area contributed by atoms with Crippen molar-refractivity contribution in [3.8, 4) is 0 Å². The number of rotatable bonds is 1. The summed E-state index contributed by atoms with van der Waals surface area (Å²) in [5.74, 6) is -0.216. The second-order valence-corrected chi connectivity index (χ2v) is 3.05. The monoisotopic (exact) mass is 166 g/mol. The van der Waals surface area contributed by atoms with Gasteiger partial charge in [-0.05, 0) is 32.3 Å². The lowest BCUT2D eigenvalue weighted by Gasteiger charge is -2.14. The van der Waals surface area contributed by atoms with Crippen LogP contribution in [0.15, 0.2) is 22.8 Å². The van der Waals surface area contributed by atoms with Gasteiger partial charge in [0.05, 0.1) is 12.7 Å². The van der Waals surface area contributed by atoms with Gasteiger partial charge >= 0.3 is 5.97 Å². The Morgan fingerprint density at radius 1 is 1.50 bits per heavy atom. The van der Waals surface area contributed by atoms with E-state index in [-0.39, 0.29) is 5.97 Å². The molecule has 1 aliphatic rings. The molecule has 2 heteroatoms. The topological polar surface area (TPSA) is 26.3 Å². The molecule has 0 aromatic heterocycles. The fourth-order valence-electron chi connectivity index (χ4n) is 1.35. The molecule has 0 heterocycles. The van der Waals surface area contributed by atoms with E-state index in [4.69, 9.17) is 0 Å². The van der Waals surface area contributed by atoms with E-state index in [1.54, 1.807) is 0 Å². The Balaban J connectivity index is 2.91. The maximum absolute atomic E-state index is 11.2. The lowest BCUT2D eigenvalue weighted by atomic mass is 9.93. The first-order valence-corrected chi connectivity index (χ1v) is 4.12. The predicted molar refractivity (Wildman–Crippen MR) is 47.7 cm³/mol. The van der Waals surface area contributed by atoms with Gasteiger partial charge in [-0.1, -0.05) is 11.6 Å². The first-order valence-electron chi connectivity index (χ1n) is 4.12. The summed E-state index contributed by atoms with van der Waals surface area (Å²) in [5.41, 5.74) is 3.10. The van der Waals surface area contributed by atoms with Gasteiger partial charge in [0.15, 0.2) is 0 Å². The van der Waals surface area contributed by atoms with Gasteiger partial charge in [-0.25, -0.2) is 4.79 Å². The van der Waals surface area contributed by atoms with E-state index in [0.717, 1.165) is 24.0 Å². The zero-order valence-corrected chi connectivity index (χ0v) is 7.81. The maximum atomic E-state index is 11.2. The van der Waals surface area contributed by atoms with Crippen LogP contribution in [0, 0.1) is 0 Å². The molecule has 0 bridgehead atoms. The van der Waals surface area contributed by atoms with Gasteiger partial charge in [0, 0.05) is 0 Å². The number of methoxy groups -OCH3 is 1. The number of carbonyl (C=O) groups excluding carboxylic acids is 1. The number of hydrogen-bond acceptors (Lipinski definition) is 2. The van der Waals surface area contributed by atoms with Crippen molar-refractivity contribution in [1.82, 2.24) is 0 Å². The molecule has 0 aromatic carbocycles. The molecule has 0 N–H and O–H groups in total. The molecule has 12 heavy (non-hydrogen) atoms. The number of esters is 1. The van der Waals surface area contributed by atoms with Crippen LogP contribution in [-0.4, -0.2) is 13.1 Å². The summed E-state index contributed by atoms with van der Waals surface area (Å²) in [6.45, 7) is 4.03. The van der Waals surface area contributed by atoms with Crippen LogP contribution in [-0.2, 0) is 9.53 Å². The third-order valence-electron chi connectivity index (χ3n) is 2.32. The van der Waals surface area contributed by atoms with Gasteiger partial charge in [-0.15, -0.1) is 0 Å². The highest BCUT2D eigenvalue weighted by Gasteiger charge is 2.16. The summed E-state index contributed by atoms with van der Waals surface area (Å²) in [6, 6.07) is 0.